The molecule has 3 aromatic carbocycles. The number of hydrogen-bond donors (Lipinski definition) is 2. The summed E-state index contributed by atoms with van der Waals surface area (Å²) >= 11 is 0. The maximum Gasteiger partial charge on any atom is 0.124 e. The monoisotopic (exact) mass is 569 g/mol. The normalized spacial score (nSPS) is 11.1. The summed E-state index contributed by atoms with van der Waals surface area (Å²) < 4.78 is 5.41. The topological polar surface area (TPSA) is 74.4 Å². The second-order valence-electron chi connectivity index (χ2n) is 6.09. The van der Waals surface area contributed by atoms with Gasteiger partial charge in [-0.3, -0.25) is 9.98 Å². The second-order valence-corrected chi connectivity index (χ2v) is 6.09. The van der Waals surface area contributed by atoms with Gasteiger partial charge in [0, 0.05) is 51.2 Å². The molecule has 0 amide bonds. The molecule has 5 nitrogen and oxygen atoms in total. The van der Waals surface area contributed by atoms with Gasteiger partial charge in [0.1, 0.15) is 11.5 Å². The van der Waals surface area contributed by atoms with E-state index < -0.39 is 0 Å². The molecule has 0 saturated carbocycles. The Labute approximate surface area is 184 Å². The maximum atomic E-state index is 10.1. The number of phenols is 2. The number of benzene rings is 3. The van der Waals surface area contributed by atoms with Crippen LogP contribution in [0.2, 0.25) is 0 Å². The van der Waals surface area contributed by atoms with Crippen molar-refractivity contribution in [2.45, 2.75) is 13.5 Å². The van der Waals surface area contributed by atoms with Crippen LogP contribution < -0.4 is 0 Å². The summed E-state index contributed by atoms with van der Waals surface area (Å²) in [6.07, 6.45) is 3.21. The van der Waals surface area contributed by atoms with Crippen LogP contribution in [0, 0.1) is 0 Å². The first kappa shape index (κ1) is 22.5. The zero-order chi connectivity index (χ0) is 19.8. The first-order valence-corrected chi connectivity index (χ1v) is 9.02. The van der Waals surface area contributed by atoms with Crippen molar-refractivity contribution < 1.29 is 36.0 Å². The number of aromatic hydroxyl groups is 2. The molecule has 0 spiro atoms. The molecule has 0 aliphatic heterocycles. The average molecular weight is 570 g/mol. The second kappa shape index (κ2) is 11.3. The van der Waals surface area contributed by atoms with Gasteiger partial charge in [0.05, 0.1) is 18.0 Å². The van der Waals surface area contributed by atoms with Crippen LogP contribution in [-0.2, 0) is 32.4 Å². The summed E-state index contributed by atoms with van der Waals surface area (Å²) in [4.78, 5) is 8.94. The summed E-state index contributed by atoms with van der Waals surface area (Å²) in [5, 5.41) is 20.0. The van der Waals surface area contributed by atoms with Gasteiger partial charge in [-0.25, -0.2) is 0 Å². The van der Waals surface area contributed by atoms with Crippen LogP contribution in [0.25, 0.3) is 0 Å². The van der Waals surface area contributed by atoms with Crippen LogP contribution in [0.3, 0.4) is 0 Å². The number of hydrogen-bond acceptors (Lipinski definition) is 5. The molecule has 3 aromatic rings. The Hall–Kier alpha value is -2.75. The van der Waals surface area contributed by atoms with Gasteiger partial charge in [-0.05, 0) is 48.9 Å². The summed E-state index contributed by atoms with van der Waals surface area (Å²) in [5.74, 6) is 0.322. The summed E-state index contributed by atoms with van der Waals surface area (Å²) in [6.45, 7) is 3.06. The van der Waals surface area contributed by atoms with Crippen LogP contribution in [0.1, 0.15) is 23.6 Å². The van der Waals surface area contributed by atoms with E-state index in [0.29, 0.717) is 35.7 Å². The minimum absolute atomic E-state index is 0. The Morgan fingerprint density at radius 1 is 0.793 bits per heavy atom. The maximum absolute atomic E-state index is 10.1. The molecule has 0 saturated heterocycles. The average Bonchev–Trinajstić information content (AvgIpc) is 2.72. The molecule has 152 valence electrons. The SMILES string of the molecule is CCOCc1ccc(O)c(C=Nc2ccccc2N=Cc2ccccc2O)c1.[Pt]. The van der Waals surface area contributed by atoms with E-state index in [0.717, 1.165) is 5.56 Å². The van der Waals surface area contributed by atoms with Crippen LogP contribution >= 0.6 is 0 Å². The molecule has 0 aliphatic rings. The van der Waals surface area contributed by atoms with Gasteiger partial charge >= 0.3 is 0 Å². The Kier molecular flexibility index (Phi) is 8.78. The van der Waals surface area contributed by atoms with E-state index >= 15 is 0 Å². The first-order chi connectivity index (χ1) is 13.7. The van der Waals surface area contributed by atoms with Gasteiger partial charge in [-0.2, -0.15) is 0 Å². The van der Waals surface area contributed by atoms with E-state index in [4.69, 9.17) is 4.74 Å². The molecule has 0 unspecified atom stereocenters. The molecule has 0 atom stereocenters. The molecule has 6 heteroatoms. The summed E-state index contributed by atoms with van der Waals surface area (Å²) in [6, 6.07) is 19.7. The van der Waals surface area contributed by atoms with Crippen molar-refractivity contribution in [3.8, 4) is 11.5 Å². The van der Waals surface area contributed by atoms with E-state index in [2.05, 4.69) is 9.98 Å². The minimum Gasteiger partial charge on any atom is -0.507 e. The number of nitrogens with zero attached hydrogens (tertiary/aromatic N) is 2. The van der Waals surface area contributed by atoms with Crippen molar-refractivity contribution in [3.63, 3.8) is 0 Å². The van der Waals surface area contributed by atoms with Crippen LogP contribution in [0.4, 0.5) is 11.4 Å². The molecule has 29 heavy (non-hydrogen) atoms. The van der Waals surface area contributed by atoms with Crippen LogP contribution in [0.15, 0.2) is 76.7 Å². The van der Waals surface area contributed by atoms with Crippen LogP contribution in [0.5, 0.6) is 11.5 Å². The number of ether oxygens (including phenoxy) is 1. The summed E-state index contributed by atoms with van der Waals surface area (Å²) in [5.41, 5.74) is 3.52. The summed E-state index contributed by atoms with van der Waals surface area (Å²) in [7, 11) is 0. The molecular weight excluding hydrogens is 547 g/mol. The van der Waals surface area contributed by atoms with E-state index in [1.54, 1.807) is 36.7 Å². The van der Waals surface area contributed by atoms with Gasteiger partial charge < -0.3 is 14.9 Å². The first-order valence-electron chi connectivity index (χ1n) is 9.02. The van der Waals surface area contributed by atoms with Crippen molar-refractivity contribution in [1.29, 1.82) is 0 Å². The third-order valence-electron chi connectivity index (χ3n) is 4.07. The molecular formula is C23H22N2O3Pt. The Morgan fingerprint density at radius 2 is 1.38 bits per heavy atom. The van der Waals surface area contributed by atoms with E-state index in [1.807, 2.05) is 49.4 Å². The third kappa shape index (κ3) is 6.38. The van der Waals surface area contributed by atoms with E-state index in [1.165, 1.54) is 0 Å². The standard InChI is InChI=1S/C23H22N2O3.Pt/c1-2-28-16-17-11-12-23(27)19(13-17)15-25-21-9-5-4-8-20(21)24-14-18-7-3-6-10-22(18)26;/h3-15,26-27H,2,16H2,1H3;. The van der Waals surface area contributed by atoms with Crippen molar-refractivity contribution in [1.82, 2.24) is 0 Å². The zero-order valence-electron chi connectivity index (χ0n) is 15.9. The Morgan fingerprint density at radius 3 is 2.03 bits per heavy atom. The van der Waals surface area contributed by atoms with Crippen LogP contribution in [-0.4, -0.2) is 29.2 Å². The van der Waals surface area contributed by atoms with Gasteiger partial charge in [0.2, 0.25) is 0 Å². The smallest absolute Gasteiger partial charge is 0.124 e. The molecule has 0 aliphatic carbocycles. The van der Waals surface area contributed by atoms with Crippen molar-refractivity contribution >= 4 is 23.8 Å². The molecule has 0 bridgehead atoms. The molecule has 3 rings (SSSR count). The van der Waals surface area contributed by atoms with Gasteiger partial charge in [-0.1, -0.05) is 30.3 Å². The number of rotatable bonds is 7. The van der Waals surface area contributed by atoms with Crippen molar-refractivity contribution in [2.24, 2.45) is 9.98 Å². The zero-order valence-corrected chi connectivity index (χ0v) is 18.2. The third-order valence-corrected chi connectivity index (χ3v) is 4.07. The largest absolute Gasteiger partial charge is 0.507 e. The number of para-hydroxylation sites is 3. The van der Waals surface area contributed by atoms with E-state index in [-0.39, 0.29) is 32.6 Å². The predicted octanol–water partition coefficient (Wildman–Crippen LogP) is 5.13. The molecule has 0 fully saturated rings. The molecule has 0 radical (unpaired) electrons. The van der Waals surface area contributed by atoms with Gasteiger partial charge in [-0.15, -0.1) is 0 Å². The Bertz CT molecular complexity index is 1000. The quantitative estimate of drug-likeness (QED) is 0.388. The predicted molar refractivity (Wildman–Crippen MR) is 112 cm³/mol. The number of aliphatic imine (C=N–C) groups is 2. The fourth-order valence-electron chi connectivity index (χ4n) is 2.57. The van der Waals surface area contributed by atoms with E-state index in [9.17, 15) is 10.2 Å². The van der Waals surface area contributed by atoms with Gasteiger partial charge in [0.25, 0.3) is 0 Å². The fourth-order valence-corrected chi connectivity index (χ4v) is 2.57. The molecule has 0 heterocycles. The van der Waals surface area contributed by atoms with Gasteiger partial charge in [0.15, 0.2) is 0 Å². The van der Waals surface area contributed by atoms with Crippen molar-refractivity contribution in [3.05, 3.63) is 83.4 Å². The molecule has 0 aromatic heterocycles. The minimum atomic E-state index is 0. The fraction of sp³-hybridized carbons (Fsp3) is 0.130. The van der Waals surface area contributed by atoms with Crippen molar-refractivity contribution in [2.75, 3.05) is 6.61 Å². The molecule has 2 N–H and O–H groups in total. The Balaban J connectivity index is 0.00000300. The number of phenolic OH excluding ortho intramolecular Hbond substituents is 2.